The predicted octanol–water partition coefficient (Wildman–Crippen LogP) is 5.07. The molecular formula is C12H11Cl2IN2O. The Labute approximate surface area is 129 Å². The molecule has 18 heavy (non-hydrogen) atoms. The van der Waals surface area contributed by atoms with E-state index < -0.39 is 0 Å². The Bertz CT molecular complexity index is 545. The number of nitrogens with zero attached hydrogens (tertiary/aromatic N) is 2. The molecule has 0 aliphatic carbocycles. The molecule has 0 spiro atoms. The van der Waals surface area contributed by atoms with Gasteiger partial charge in [0.05, 0.1) is 10.9 Å². The summed E-state index contributed by atoms with van der Waals surface area (Å²) in [4.78, 5) is 4.33. The van der Waals surface area contributed by atoms with Gasteiger partial charge in [-0.1, -0.05) is 30.1 Å². The summed E-state index contributed by atoms with van der Waals surface area (Å²) in [5, 5.41) is 4.35. The average Bonchev–Trinajstić information content (AvgIpc) is 2.82. The summed E-state index contributed by atoms with van der Waals surface area (Å²) in [5.41, 5.74) is 0.835. The topological polar surface area (TPSA) is 38.9 Å². The fourth-order valence-corrected chi connectivity index (χ4v) is 2.56. The molecule has 0 fully saturated rings. The molecule has 1 aromatic carbocycles. The van der Waals surface area contributed by atoms with Crippen LogP contribution in [0.25, 0.3) is 11.5 Å². The van der Waals surface area contributed by atoms with E-state index in [1.807, 2.05) is 18.2 Å². The summed E-state index contributed by atoms with van der Waals surface area (Å²) >= 11 is 14.3. The van der Waals surface area contributed by atoms with E-state index in [1.165, 1.54) is 0 Å². The summed E-state index contributed by atoms with van der Waals surface area (Å²) in [5.74, 6) is 0.989. The zero-order valence-corrected chi connectivity index (χ0v) is 13.3. The number of aromatic nitrogens is 2. The third-order valence-electron chi connectivity index (χ3n) is 2.42. The van der Waals surface area contributed by atoms with Gasteiger partial charge in [-0.2, -0.15) is 4.98 Å². The van der Waals surface area contributed by atoms with E-state index in [0.29, 0.717) is 16.7 Å². The van der Waals surface area contributed by atoms with Crippen LogP contribution in [0.15, 0.2) is 22.7 Å². The van der Waals surface area contributed by atoms with Crippen LogP contribution in [0, 0.1) is 3.57 Å². The molecule has 6 heteroatoms. The van der Waals surface area contributed by atoms with Crippen LogP contribution in [0.4, 0.5) is 0 Å². The van der Waals surface area contributed by atoms with Gasteiger partial charge in [0.15, 0.2) is 5.82 Å². The third kappa shape index (κ3) is 3.16. The van der Waals surface area contributed by atoms with Crippen LogP contribution >= 0.6 is 45.8 Å². The van der Waals surface area contributed by atoms with Crippen molar-refractivity contribution >= 4 is 45.8 Å². The maximum atomic E-state index is 6.17. The standard InChI is InChI=1S/C12H11Cl2IN2O/c1-2-3-9(14)11-16-12(18-17-11)8-6-7(13)4-5-10(8)15/h4-6,9H,2-3H2,1H3. The molecule has 1 aromatic heterocycles. The highest BCUT2D eigenvalue weighted by atomic mass is 127. The lowest BCUT2D eigenvalue weighted by atomic mass is 10.2. The number of rotatable bonds is 4. The first-order valence-electron chi connectivity index (χ1n) is 5.55. The molecule has 3 nitrogen and oxygen atoms in total. The van der Waals surface area contributed by atoms with Crippen molar-refractivity contribution in [3.8, 4) is 11.5 Å². The summed E-state index contributed by atoms with van der Waals surface area (Å²) in [6.45, 7) is 2.07. The minimum absolute atomic E-state index is 0.204. The second-order valence-electron chi connectivity index (χ2n) is 3.84. The highest BCUT2D eigenvalue weighted by molar-refractivity contribution is 14.1. The minimum atomic E-state index is -0.204. The van der Waals surface area contributed by atoms with Crippen LogP contribution in [0.5, 0.6) is 0 Å². The summed E-state index contributed by atoms with van der Waals surface area (Å²) in [6.07, 6.45) is 1.81. The van der Waals surface area contributed by atoms with E-state index in [1.54, 1.807) is 0 Å². The van der Waals surface area contributed by atoms with Gasteiger partial charge in [0.1, 0.15) is 0 Å². The minimum Gasteiger partial charge on any atom is -0.334 e. The smallest absolute Gasteiger partial charge is 0.259 e. The van der Waals surface area contributed by atoms with Crippen molar-refractivity contribution in [2.75, 3.05) is 0 Å². The van der Waals surface area contributed by atoms with Crippen molar-refractivity contribution in [3.05, 3.63) is 32.6 Å². The second-order valence-corrected chi connectivity index (χ2v) is 5.96. The van der Waals surface area contributed by atoms with Gasteiger partial charge in [0, 0.05) is 8.59 Å². The molecule has 0 bridgehead atoms. The number of benzene rings is 1. The fraction of sp³-hybridized carbons (Fsp3) is 0.333. The van der Waals surface area contributed by atoms with E-state index in [-0.39, 0.29) is 5.38 Å². The van der Waals surface area contributed by atoms with E-state index in [9.17, 15) is 0 Å². The maximum Gasteiger partial charge on any atom is 0.259 e. The van der Waals surface area contributed by atoms with Gasteiger partial charge < -0.3 is 4.52 Å². The Morgan fingerprint density at radius 1 is 1.44 bits per heavy atom. The van der Waals surface area contributed by atoms with E-state index in [0.717, 1.165) is 22.0 Å². The highest BCUT2D eigenvalue weighted by Crippen LogP contribution is 2.29. The van der Waals surface area contributed by atoms with Gasteiger partial charge in [-0.05, 0) is 47.2 Å². The van der Waals surface area contributed by atoms with Crippen molar-refractivity contribution in [2.24, 2.45) is 0 Å². The van der Waals surface area contributed by atoms with Gasteiger partial charge >= 0.3 is 0 Å². The number of hydrogen-bond donors (Lipinski definition) is 0. The first-order valence-corrected chi connectivity index (χ1v) is 7.44. The molecule has 0 aliphatic heterocycles. The Morgan fingerprint density at radius 3 is 2.94 bits per heavy atom. The van der Waals surface area contributed by atoms with E-state index in [4.69, 9.17) is 27.7 Å². The number of halogens is 3. The van der Waals surface area contributed by atoms with Crippen molar-refractivity contribution in [3.63, 3.8) is 0 Å². The average molecular weight is 397 g/mol. The molecule has 0 radical (unpaired) electrons. The summed E-state index contributed by atoms with van der Waals surface area (Å²) in [6, 6.07) is 5.54. The largest absolute Gasteiger partial charge is 0.334 e. The lowest BCUT2D eigenvalue weighted by Crippen LogP contribution is -1.92. The SMILES string of the molecule is CCCC(Cl)c1noc(-c2cc(Cl)ccc2I)n1. The Hall–Kier alpha value is -0.330. The van der Waals surface area contributed by atoms with Crippen LogP contribution in [0.3, 0.4) is 0 Å². The first-order chi connectivity index (χ1) is 8.61. The summed E-state index contributed by atoms with van der Waals surface area (Å²) in [7, 11) is 0. The van der Waals surface area contributed by atoms with Crippen LogP contribution in [-0.2, 0) is 0 Å². The fourth-order valence-electron chi connectivity index (χ4n) is 1.52. The van der Waals surface area contributed by atoms with Crippen LogP contribution < -0.4 is 0 Å². The zero-order chi connectivity index (χ0) is 13.1. The maximum absolute atomic E-state index is 6.17. The molecule has 0 amide bonds. The van der Waals surface area contributed by atoms with Crippen molar-refractivity contribution in [2.45, 2.75) is 25.1 Å². The molecular weight excluding hydrogens is 386 g/mol. The lowest BCUT2D eigenvalue weighted by Gasteiger charge is -2.00. The molecule has 1 heterocycles. The zero-order valence-electron chi connectivity index (χ0n) is 9.66. The van der Waals surface area contributed by atoms with Crippen molar-refractivity contribution < 1.29 is 4.52 Å². The van der Waals surface area contributed by atoms with Crippen molar-refractivity contribution in [1.82, 2.24) is 10.1 Å². The molecule has 0 N–H and O–H groups in total. The molecule has 0 saturated heterocycles. The third-order valence-corrected chi connectivity index (χ3v) is 4.01. The van der Waals surface area contributed by atoms with Gasteiger partial charge in [0.25, 0.3) is 5.89 Å². The molecule has 2 aromatic rings. The normalized spacial score (nSPS) is 12.7. The Kier molecular flexibility index (Phi) is 4.86. The quantitative estimate of drug-likeness (QED) is 0.534. The first kappa shape index (κ1) is 14.1. The molecule has 96 valence electrons. The van der Waals surface area contributed by atoms with Gasteiger partial charge in [0.2, 0.25) is 0 Å². The van der Waals surface area contributed by atoms with Gasteiger partial charge in [-0.15, -0.1) is 11.6 Å². The van der Waals surface area contributed by atoms with Crippen LogP contribution in [0.2, 0.25) is 5.02 Å². The molecule has 0 saturated carbocycles. The summed E-state index contributed by atoms with van der Waals surface area (Å²) < 4.78 is 6.25. The van der Waals surface area contributed by atoms with E-state index in [2.05, 4.69) is 39.7 Å². The lowest BCUT2D eigenvalue weighted by molar-refractivity contribution is 0.420. The number of hydrogen-bond acceptors (Lipinski definition) is 3. The molecule has 2 rings (SSSR count). The van der Waals surface area contributed by atoms with Crippen molar-refractivity contribution in [1.29, 1.82) is 0 Å². The van der Waals surface area contributed by atoms with E-state index >= 15 is 0 Å². The highest BCUT2D eigenvalue weighted by Gasteiger charge is 2.17. The Balaban J connectivity index is 2.32. The molecule has 1 unspecified atom stereocenters. The molecule has 1 atom stereocenters. The molecule has 0 aliphatic rings. The van der Waals surface area contributed by atoms with Gasteiger partial charge in [-0.25, -0.2) is 0 Å². The second kappa shape index (κ2) is 6.21. The van der Waals surface area contributed by atoms with Crippen LogP contribution in [-0.4, -0.2) is 10.1 Å². The Morgan fingerprint density at radius 2 is 2.22 bits per heavy atom. The van der Waals surface area contributed by atoms with Crippen LogP contribution in [0.1, 0.15) is 31.0 Å². The number of alkyl halides is 1. The predicted molar refractivity (Wildman–Crippen MR) is 81.0 cm³/mol. The monoisotopic (exact) mass is 396 g/mol. The van der Waals surface area contributed by atoms with Gasteiger partial charge in [-0.3, -0.25) is 0 Å².